The van der Waals surface area contributed by atoms with Gasteiger partial charge in [0.2, 0.25) is 5.69 Å². The fourth-order valence-electron chi connectivity index (χ4n) is 6.45. The molecule has 3 aliphatic rings. The minimum Gasteiger partial charge on any atom is -0.250 e. The summed E-state index contributed by atoms with van der Waals surface area (Å²) in [5.74, 6) is 0. The Balaban J connectivity index is 1.94. The first-order chi connectivity index (χ1) is 11.2. The van der Waals surface area contributed by atoms with Gasteiger partial charge in [0.25, 0.3) is 0 Å². The smallest absolute Gasteiger partial charge is 0.213 e. The van der Waals surface area contributed by atoms with Crippen molar-refractivity contribution in [1.29, 1.82) is 0 Å². The van der Waals surface area contributed by atoms with Crippen LogP contribution in [0.25, 0.3) is 11.3 Å². The molecule has 118 valence electrons. The Morgan fingerprint density at radius 1 is 1.00 bits per heavy atom. The van der Waals surface area contributed by atoms with E-state index in [0.717, 1.165) is 19.3 Å². The van der Waals surface area contributed by atoms with Crippen molar-refractivity contribution in [1.82, 2.24) is 0 Å². The molecule has 1 nitrogen and oxygen atoms in total. The molecule has 0 N–H and O–H groups in total. The van der Waals surface area contributed by atoms with Crippen LogP contribution in [-0.4, -0.2) is 6.67 Å². The quantitative estimate of drug-likeness (QED) is 0.739. The highest BCUT2D eigenvalue weighted by atomic mass is 19.1. The molecule has 1 fully saturated rings. The van der Waals surface area contributed by atoms with Crippen LogP contribution in [0.3, 0.4) is 0 Å². The maximum absolute atomic E-state index is 14.5. The number of aromatic nitrogens is 1. The molecule has 0 saturated heterocycles. The Morgan fingerprint density at radius 2 is 1.83 bits per heavy atom. The lowest BCUT2D eigenvalue weighted by Gasteiger charge is -2.68. The van der Waals surface area contributed by atoms with Crippen molar-refractivity contribution in [3.63, 3.8) is 0 Å². The van der Waals surface area contributed by atoms with E-state index in [2.05, 4.69) is 60.9 Å². The standard InChI is InChI=1S/C21H23FN/c1-3-19-12-13-21(19)20(4-2,14-22)18-11-7-10-17(23(18)21)15-8-5-6-9-16(15)19/h5-11H,3-4,12-14H2,1-2H3/q+1. The van der Waals surface area contributed by atoms with Crippen molar-refractivity contribution in [2.24, 2.45) is 0 Å². The number of pyridine rings is 1. The number of rotatable bonds is 3. The molecular weight excluding hydrogens is 285 g/mol. The summed E-state index contributed by atoms with van der Waals surface area (Å²) in [7, 11) is 0. The van der Waals surface area contributed by atoms with Gasteiger partial charge in [-0.2, -0.15) is 4.57 Å². The van der Waals surface area contributed by atoms with Gasteiger partial charge in [-0.15, -0.1) is 0 Å². The van der Waals surface area contributed by atoms with Gasteiger partial charge < -0.3 is 0 Å². The lowest BCUT2D eigenvalue weighted by atomic mass is 9.36. The second-order valence-corrected chi connectivity index (χ2v) is 7.54. The third-order valence-corrected chi connectivity index (χ3v) is 7.51. The van der Waals surface area contributed by atoms with E-state index in [1.165, 1.54) is 28.9 Å². The minimum absolute atomic E-state index is 0.0431. The highest BCUT2D eigenvalue weighted by molar-refractivity contribution is 5.68. The number of fused-ring (bicyclic) bond motifs is 3. The molecular formula is C21H23FN+. The van der Waals surface area contributed by atoms with Gasteiger partial charge in [0, 0.05) is 18.6 Å². The zero-order chi connectivity index (χ0) is 15.9. The van der Waals surface area contributed by atoms with Crippen LogP contribution in [0.1, 0.15) is 50.8 Å². The molecule has 3 heterocycles. The molecule has 5 rings (SSSR count). The summed E-state index contributed by atoms with van der Waals surface area (Å²) < 4.78 is 17.0. The lowest BCUT2D eigenvalue weighted by molar-refractivity contribution is -0.850. The lowest BCUT2D eigenvalue weighted by Crippen LogP contribution is -2.92. The summed E-state index contributed by atoms with van der Waals surface area (Å²) in [6.07, 6.45) is 4.27. The molecule has 2 aliphatic heterocycles. The van der Waals surface area contributed by atoms with Gasteiger partial charge in [-0.3, -0.25) is 0 Å². The molecule has 0 radical (unpaired) electrons. The van der Waals surface area contributed by atoms with E-state index in [4.69, 9.17) is 0 Å². The predicted octanol–water partition coefficient (Wildman–Crippen LogP) is 4.42. The average molecular weight is 308 g/mol. The highest BCUT2D eigenvalue weighted by Gasteiger charge is 2.85. The maximum atomic E-state index is 14.5. The largest absolute Gasteiger partial charge is 0.250 e. The van der Waals surface area contributed by atoms with Crippen LogP contribution < -0.4 is 4.57 Å². The molecule has 1 aromatic carbocycles. The SMILES string of the molecule is CCC12CCC13[n+]1c(cccc1C3(CC)CF)-c1ccccc12. The Hall–Kier alpha value is -1.70. The molecule has 1 spiro atoms. The van der Waals surface area contributed by atoms with E-state index in [9.17, 15) is 4.39 Å². The maximum Gasteiger partial charge on any atom is 0.213 e. The zero-order valence-corrected chi connectivity index (χ0v) is 13.9. The number of hydrogen-bond acceptors (Lipinski definition) is 0. The number of alkyl halides is 1. The van der Waals surface area contributed by atoms with Crippen molar-refractivity contribution in [2.75, 3.05) is 6.67 Å². The number of hydrogen-bond donors (Lipinski definition) is 0. The first-order valence-electron chi connectivity index (χ1n) is 8.94. The summed E-state index contributed by atoms with van der Waals surface area (Å²) in [5.41, 5.74) is 5.08. The fraction of sp³-hybridized carbons (Fsp3) is 0.476. The van der Waals surface area contributed by atoms with Gasteiger partial charge >= 0.3 is 0 Å². The van der Waals surface area contributed by atoms with Gasteiger partial charge in [-0.25, -0.2) is 4.39 Å². The molecule has 0 amide bonds. The van der Waals surface area contributed by atoms with Crippen LogP contribution in [0.15, 0.2) is 42.5 Å². The molecule has 1 aliphatic carbocycles. The molecule has 2 heteroatoms. The molecule has 0 bridgehead atoms. The van der Waals surface area contributed by atoms with Crippen LogP contribution in [0.2, 0.25) is 0 Å². The van der Waals surface area contributed by atoms with Crippen molar-refractivity contribution in [2.45, 2.75) is 55.9 Å². The van der Waals surface area contributed by atoms with Gasteiger partial charge in [-0.1, -0.05) is 32.0 Å². The predicted molar refractivity (Wildman–Crippen MR) is 89.2 cm³/mol. The third-order valence-electron chi connectivity index (χ3n) is 7.51. The second-order valence-electron chi connectivity index (χ2n) is 7.54. The first-order valence-corrected chi connectivity index (χ1v) is 8.94. The summed E-state index contributed by atoms with van der Waals surface area (Å²) in [4.78, 5) is 0. The minimum atomic E-state index is -0.301. The number of halogens is 1. The molecule has 3 atom stereocenters. The molecule has 1 aromatic heterocycles. The van der Waals surface area contributed by atoms with Crippen molar-refractivity contribution in [3.05, 3.63) is 53.7 Å². The van der Waals surface area contributed by atoms with Crippen LogP contribution >= 0.6 is 0 Å². The van der Waals surface area contributed by atoms with Crippen LogP contribution in [0, 0.1) is 0 Å². The van der Waals surface area contributed by atoms with Gasteiger partial charge in [-0.05, 0) is 37.0 Å². The van der Waals surface area contributed by atoms with Gasteiger partial charge in [0.05, 0.1) is 11.0 Å². The Kier molecular flexibility index (Phi) is 2.40. The zero-order valence-electron chi connectivity index (χ0n) is 13.9. The Labute approximate surface area is 137 Å². The van der Waals surface area contributed by atoms with Crippen molar-refractivity contribution in [3.8, 4) is 11.3 Å². The number of nitrogens with zero attached hydrogens (tertiary/aromatic N) is 1. The van der Waals surface area contributed by atoms with E-state index >= 15 is 0 Å². The summed E-state index contributed by atoms with van der Waals surface area (Å²) in [5, 5.41) is 0. The Morgan fingerprint density at radius 3 is 2.48 bits per heavy atom. The third kappa shape index (κ3) is 1.08. The van der Waals surface area contributed by atoms with Crippen molar-refractivity contribution >= 4 is 0 Å². The van der Waals surface area contributed by atoms with Crippen molar-refractivity contribution < 1.29 is 8.96 Å². The van der Waals surface area contributed by atoms with E-state index < -0.39 is 0 Å². The Bertz CT molecular complexity index is 818. The molecule has 1 saturated carbocycles. The van der Waals surface area contributed by atoms with Crippen LogP contribution in [0.4, 0.5) is 4.39 Å². The monoisotopic (exact) mass is 308 g/mol. The summed E-state index contributed by atoms with van der Waals surface area (Å²) in [6.45, 7) is 4.23. The van der Waals surface area contributed by atoms with Gasteiger partial charge in [0.1, 0.15) is 12.1 Å². The van der Waals surface area contributed by atoms with Crippen LogP contribution in [0.5, 0.6) is 0 Å². The van der Waals surface area contributed by atoms with Gasteiger partial charge in [0.15, 0.2) is 11.2 Å². The molecule has 23 heavy (non-hydrogen) atoms. The summed E-state index contributed by atoms with van der Waals surface area (Å²) >= 11 is 0. The summed E-state index contributed by atoms with van der Waals surface area (Å²) in [6, 6.07) is 15.3. The van der Waals surface area contributed by atoms with Crippen LogP contribution in [-0.2, 0) is 16.4 Å². The second kappa shape index (κ2) is 4.03. The van der Waals surface area contributed by atoms with E-state index in [-0.39, 0.29) is 23.0 Å². The fourth-order valence-corrected chi connectivity index (χ4v) is 6.45. The normalized spacial score (nSPS) is 35.4. The van der Waals surface area contributed by atoms with E-state index in [1.807, 2.05) is 0 Å². The first kappa shape index (κ1) is 13.7. The van der Waals surface area contributed by atoms with E-state index in [1.54, 1.807) is 0 Å². The van der Waals surface area contributed by atoms with E-state index in [0.29, 0.717) is 0 Å². The topological polar surface area (TPSA) is 3.88 Å². The number of benzene rings is 1. The molecule has 2 aromatic rings. The average Bonchev–Trinajstić information content (AvgIpc) is 2.57. The highest BCUT2D eigenvalue weighted by Crippen LogP contribution is 2.71. The molecule has 3 unspecified atom stereocenters.